The van der Waals surface area contributed by atoms with Gasteiger partial charge in [0.1, 0.15) is 23.8 Å². The van der Waals surface area contributed by atoms with Crippen LogP contribution in [0.25, 0.3) is 0 Å². The first-order valence-electron chi connectivity index (χ1n) is 10.6. The molecule has 13 heteroatoms. The maximum atomic E-state index is 13.2. The standard InChI is InChI=1S/C14H9F5N2O.C10H11ClN4/c15-9-2-1-3-11(6-9)20-13(22)21-12-5-8(14(17,18)19)4-10(16)7-12;1-15-10(13-7-14-15)5-4-9-3-2-8(11)6-12-9/h1-7H,(H2,20,21,22);2-3,6-7H,4-5H2,1H3. The average molecular weight is 539 g/mol. The molecule has 0 aliphatic carbocycles. The van der Waals surface area contributed by atoms with Crippen LogP contribution < -0.4 is 10.6 Å². The summed E-state index contributed by atoms with van der Waals surface area (Å²) in [6.45, 7) is 0. The maximum absolute atomic E-state index is 13.2. The van der Waals surface area contributed by atoms with Crippen molar-refractivity contribution >= 4 is 29.0 Å². The Morgan fingerprint density at radius 2 is 1.68 bits per heavy atom. The van der Waals surface area contributed by atoms with Crippen LogP contribution in [0.15, 0.2) is 67.1 Å². The molecule has 2 N–H and O–H groups in total. The topological polar surface area (TPSA) is 84.7 Å². The highest BCUT2D eigenvalue weighted by Crippen LogP contribution is 2.31. The zero-order valence-electron chi connectivity index (χ0n) is 19.2. The van der Waals surface area contributed by atoms with Crippen LogP contribution in [-0.4, -0.2) is 25.8 Å². The predicted octanol–water partition coefficient (Wildman–Crippen LogP) is 6.28. The van der Waals surface area contributed by atoms with Gasteiger partial charge in [-0.15, -0.1) is 0 Å². The van der Waals surface area contributed by atoms with E-state index in [1.54, 1.807) is 17.2 Å². The first-order chi connectivity index (χ1) is 17.5. The smallest absolute Gasteiger partial charge is 0.308 e. The fraction of sp³-hybridized carbons (Fsp3) is 0.167. The number of anilines is 2. The first kappa shape index (κ1) is 27.5. The van der Waals surface area contributed by atoms with Gasteiger partial charge in [-0.25, -0.2) is 18.6 Å². The van der Waals surface area contributed by atoms with Gasteiger partial charge in [0.15, 0.2) is 0 Å². The SMILES string of the molecule is Cn1ncnc1CCc1ccc(Cl)cn1.O=C(Nc1cccc(F)c1)Nc1cc(F)cc(C(F)(F)F)c1. The van der Waals surface area contributed by atoms with Crippen molar-refractivity contribution in [3.63, 3.8) is 0 Å². The Morgan fingerprint density at radius 1 is 0.946 bits per heavy atom. The summed E-state index contributed by atoms with van der Waals surface area (Å²) in [6.07, 6.45) is 0.171. The van der Waals surface area contributed by atoms with Gasteiger partial charge in [-0.05, 0) is 55.0 Å². The minimum absolute atomic E-state index is 0.102. The van der Waals surface area contributed by atoms with Gasteiger partial charge in [0, 0.05) is 36.7 Å². The van der Waals surface area contributed by atoms with Crippen LogP contribution in [0.4, 0.5) is 38.1 Å². The first-order valence-corrected chi connectivity index (χ1v) is 11.0. The zero-order valence-corrected chi connectivity index (χ0v) is 20.0. The van der Waals surface area contributed by atoms with Crippen LogP contribution in [-0.2, 0) is 26.1 Å². The molecule has 0 aliphatic rings. The summed E-state index contributed by atoms with van der Waals surface area (Å²) in [7, 11) is 1.89. The molecular formula is C24H20ClF5N6O. The molecule has 194 valence electrons. The summed E-state index contributed by atoms with van der Waals surface area (Å²) in [5.41, 5.74) is -0.484. The predicted molar refractivity (Wildman–Crippen MR) is 128 cm³/mol. The number of nitrogens with zero attached hydrogens (tertiary/aromatic N) is 4. The number of aromatic nitrogens is 4. The molecule has 0 saturated heterocycles. The third kappa shape index (κ3) is 8.83. The van der Waals surface area contributed by atoms with Gasteiger partial charge in [0.05, 0.1) is 10.6 Å². The number of hydrogen-bond acceptors (Lipinski definition) is 4. The van der Waals surface area contributed by atoms with Crippen molar-refractivity contribution in [3.8, 4) is 0 Å². The molecule has 2 aromatic heterocycles. The molecular weight excluding hydrogens is 519 g/mol. The van der Waals surface area contributed by atoms with Crippen molar-refractivity contribution < 1.29 is 26.7 Å². The number of nitrogens with one attached hydrogen (secondary N) is 2. The number of carbonyl (C=O) groups excluding carboxylic acids is 1. The summed E-state index contributed by atoms with van der Waals surface area (Å²) >= 11 is 5.75. The van der Waals surface area contributed by atoms with Crippen LogP contribution >= 0.6 is 11.6 Å². The van der Waals surface area contributed by atoms with Gasteiger partial charge >= 0.3 is 12.2 Å². The number of rotatable bonds is 5. The van der Waals surface area contributed by atoms with E-state index >= 15 is 0 Å². The van der Waals surface area contributed by atoms with Gasteiger partial charge in [-0.1, -0.05) is 17.7 Å². The van der Waals surface area contributed by atoms with Crippen LogP contribution in [0.5, 0.6) is 0 Å². The molecule has 4 rings (SSSR count). The average Bonchev–Trinajstić information content (AvgIpc) is 3.23. The third-order valence-corrected chi connectivity index (χ3v) is 4.99. The summed E-state index contributed by atoms with van der Waals surface area (Å²) in [6, 6.07) is 9.40. The second-order valence-electron chi connectivity index (χ2n) is 7.58. The lowest BCUT2D eigenvalue weighted by Crippen LogP contribution is -2.20. The van der Waals surface area contributed by atoms with Crippen LogP contribution in [0.1, 0.15) is 17.1 Å². The summed E-state index contributed by atoms with van der Waals surface area (Å²) in [4.78, 5) is 20.0. The molecule has 0 spiro atoms. The van der Waals surface area contributed by atoms with E-state index in [1.807, 2.05) is 19.2 Å². The summed E-state index contributed by atoms with van der Waals surface area (Å²) in [5.74, 6) is -0.773. The van der Waals surface area contributed by atoms with Crippen molar-refractivity contribution in [1.29, 1.82) is 0 Å². The van der Waals surface area contributed by atoms with E-state index in [0.717, 1.165) is 42.6 Å². The fourth-order valence-corrected chi connectivity index (χ4v) is 3.14. The summed E-state index contributed by atoms with van der Waals surface area (Å²) in [5, 5.41) is 8.94. The fourth-order valence-electron chi connectivity index (χ4n) is 3.03. The molecule has 0 radical (unpaired) electrons. The Balaban J connectivity index is 0.000000220. The Hall–Kier alpha value is -4.06. The normalized spacial score (nSPS) is 10.9. The second-order valence-corrected chi connectivity index (χ2v) is 8.02. The molecule has 37 heavy (non-hydrogen) atoms. The Bertz CT molecular complexity index is 1340. The molecule has 0 bridgehead atoms. The largest absolute Gasteiger partial charge is 0.416 e. The Labute approximate surface area is 213 Å². The van der Waals surface area contributed by atoms with E-state index in [2.05, 4.69) is 25.7 Å². The lowest BCUT2D eigenvalue weighted by Gasteiger charge is -2.11. The number of urea groups is 1. The van der Waals surface area contributed by atoms with Crippen molar-refractivity contribution in [2.45, 2.75) is 19.0 Å². The van der Waals surface area contributed by atoms with Gasteiger partial charge in [0.25, 0.3) is 0 Å². The van der Waals surface area contributed by atoms with E-state index in [0.29, 0.717) is 17.2 Å². The molecule has 7 nitrogen and oxygen atoms in total. The molecule has 0 aliphatic heterocycles. The number of amides is 2. The molecule has 2 amide bonds. The minimum Gasteiger partial charge on any atom is -0.308 e. The molecule has 0 fully saturated rings. The number of aryl methyl sites for hydroxylation is 3. The lowest BCUT2D eigenvalue weighted by molar-refractivity contribution is -0.137. The molecule has 0 unspecified atom stereocenters. The molecule has 4 aromatic rings. The lowest BCUT2D eigenvalue weighted by atomic mass is 10.2. The van der Waals surface area contributed by atoms with E-state index in [-0.39, 0.29) is 11.4 Å². The zero-order chi connectivity index (χ0) is 27.0. The van der Waals surface area contributed by atoms with Crippen molar-refractivity contribution in [2.24, 2.45) is 7.05 Å². The quantitative estimate of drug-likeness (QED) is 0.293. The number of carbonyl (C=O) groups is 1. The number of hydrogen-bond donors (Lipinski definition) is 2. The molecule has 0 atom stereocenters. The van der Waals surface area contributed by atoms with Gasteiger partial charge < -0.3 is 10.6 Å². The molecule has 0 saturated carbocycles. The van der Waals surface area contributed by atoms with Crippen LogP contribution in [0.2, 0.25) is 5.02 Å². The third-order valence-electron chi connectivity index (χ3n) is 4.76. The van der Waals surface area contributed by atoms with E-state index in [9.17, 15) is 26.7 Å². The van der Waals surface area contributed by atoms with E-state index in [1.165, 1.54) is 12.1 Å². The van der Waals surface area contributed by atoms with E-state index in [4.69, 9.17) is 11.6 Å². The van der Waals surface area contributed by atoms with Crippen LogP contribution in [0.3, 0.4) is 0 Å². The number of alkyl halides is 3. The Morgan fingerprint density at radius 3 is 2.30 bits per heavy atom. The summed E-state index contributed by atoms with van der Waals surface area (Å²) < 4.78 is 65.5. The van der Waals surface area contributed by atoms with Crippen molar-refractivity contribution in [2.75, 3.05) is 10.6 Å². The van der Waals surface area contributed by atoms with Crippen LogP contribution in [0, 0.1) is 11.6 Å². The number of benzene rings is 2. The maximum Gasteiger partial charge on any atom is 0.416 e. The second kappa shape index (κ2) is 12.3. The minimum atomic E-state index is -4.74. The highest BCUT2D eigenvalue weighted by atomic mass is 35.5. The van der Waals surface area contributed by atoms with Crippen molar-refractivity contribution in [3.05, 3.63) is 101 Å². The Kier molecular flexibility index (Phi) is 9.12. The highest BCUT2D eigenvalue weighted by Gasteiger charge is 2.31. The highest BCUT2D eigenvalue weighted by molar-refractivity contribution is 6.30. The van der Waals surface area contributed by atoms with Gasteiger partial charge in [-0.3, -0.25) is 9.67 Å². The molecule has 2 heterocycles. The number of pyridine rings is 1. The van der Waals surface area contributed by atoms with Gasteiger partial charge in [0.2, 0.25) is 0 Å². The number of halogens is 6. The van der Waals surface area contributed by atoms with Gasteiger partial charge in [-0.2, -0.15) is 18.3 Å². The molecule has 2 aromatic carbocycles. The van der Waals surface area contributed by atoms with E-state index < -0.39 is 29.4 Å². The monoisotopic (exact) mass is 538 g/mol. The van der Waals surface area contributed by atoms with Crippen molar-refractivity contribution in [1.82, 2.24) is 19.7 Å².